The van der Waals surface area contributed by atoms with Gasteiger partial charge in [-0.3, -0.25) is 0 Å². The summed E-state index contributed by atoms with van der Waals surface area (Å²) in [6.45, 7) is 40.7. The van der Waals surface area contributed by atoms with Crippen LogP contribution in [-0.4, -0.2) is 0 Å². The van der Waals surface area contributed by atoms with Crippen molar-refractivity contribution in [3.63, 3.8) is 0 Å². The van der Waals surface area contributed by atoms with E-state index in [0.717, 1.165) is 23.1 Å². The molecular formula is C36H60. The summed E-state index contributed by atoms with van der Waals surface area (Å²) in [5, 5.41) is 0. The van der Waals surface area contributed by atoms with Gasteiger partial charge < -0.3 is 0 Å². The van der Waals surface area contributed by atoms with Gasteiger partial charge in [-0.25, -0.2) is 0 Å². The molecule has 0 bridgehead atoms. The van der Waals surface area contributed by atoms with Crippen LogP contribution >= 0.6 is 0 Å². The van der Waals surface area contributed by atoms with Gasteiger partial charge in [0.15, 0.2) is 0 Å². The summed E-state index contributed by atoms with van der Waals surface area (Å²) in [5.41, 5.74) is 10.7. The number of aryl methyl sites for hydroxylation is 1. The second-order valence-corrected chi connectivity index (χ2v) is 7.72. The number of hydrogen-bond acceptors (Lipinski definition) is 0. The zero-order valence-electron chi connectivity index (χ0n) is 26.7. The van der Waals surface area contributed by atoms with E-state index in [-0.39, 0.29) is 0 Å². The molecule has 0 amide bonds. The smallest absolute Gasteiger partial charge is 0.00699 e. The molecule has 0 saturated carbocycles. The average Bonchev–Trinajstić information content (AvgIpc) is 2.90. The number of benzene rings is 2. The highest BCUT2D eigenvalue weighted by Gasteiger charge is 2.05. The molecule has 0 heteroatoms. The van der Waals surface area contributed by atoms with Gasteiger partial charge in [0, 0.05) is 0 Å². The van der Waals surface area contributed by atoms with Gasteiger partial charge in [-0.05, 0) is 73.6 Å². The van der Waals surface area contributed by atoms with Crippen molar-refractivity contribution in [2.75, 3.05) is 0 Å². The van der Waals surface area contributed by atoms with E-state index in [2.05, 4.69) is 103 Å². The van der Waals surface area contributed by atoms with Gasteiger partial charge in [-0.15, -0.1) is 0 Å². The van der Waals surface area contributed by atoms with E-state index in [0.29, 0.717) is 0 Å². The lowest BCUT2D eigenvalue weighted by Gasteiger charge is -2.11. The highest BCUT2D eigenvalue weighted by molar-refractivity contribution is 5.72. The van der Waals surface area contributed by atoms with Gasteiger partial charge in [-0.2, -0.15) is 0 Å². The quantitative estimate of drug-likeness (QED) is 0.278. The molecule has 0 nitrogen and oxygen atoms in total. The van der Waals surface area contributed by atoms with E-state index >= 15 is 0 Å². The molecule has 2 aromatic carbocycles. The fourth-order valence-corrected chi connectivity index (χ4v) is 2.76. The van der Waals surface area contributed by atoms with Crippen LogP contribution in [0.1, 0.15) is 120 Å². The molecule has 0 aliphatic heterocycles. The van der Waals surface area contributed by atoms with Crippen molar-refractivity contribution in [1.82, 2.24) is 0 Å². The standard InChI is InChI=1S/C25H28.C3H8.4C2H6/c1-17(2)14-24(19(5)6)16-25-15-23(9-8-20(25)7)22-12-10-21(11-13-22)18(3)4;1-3-2;4*1-2/h8-13,15-16H,1,3,5,14H2,2,4,6-7H3;3H2,1-2H3;4*1-2H3/b24-16+;;;;;. The summed E-state index contributed by atoms with van der Waals surface area (Å²) in [5.74, 6) is 0. The minimum Gasteiger partial charge on any atom is -0.0998 e. The molecule has 0 fully saturated rings. The lowest BCUT2D eigenvalue weighted by atomic mass is 9.94. The normalized spacial score (nSPS) is 9.00. The van der Waals surface area contributed by atoms with Gasteiger partial charge in [0.2, 0.25) is 0 Å². The molecule has 2 rings (SSSR count). The third kappa shape index (κ3) is 17.8. The van der Waals surface area contributed by atoms with Crippen molar-refractivity contribution in [3.05, 3.63) is 95.6 Å². The second kappa shape index (κ2) is 27.0. The van der Waals surface area contributed by atoms with E-state index in [1.165, 1.54) is 39.8 Å². The van der Waals surface area contributed by atoms with Crippen molar-refractivity contribution in [2.24, 2.45) is 0 Å². The Labute approximate surface area is 228 Å². The zero-order chi connectivity index (χ0) is 29.3. The molecular weight excluding hydrogens is 432 g/mol. The first-order valence-electron chi connectivity index (χ1n) is 14.1. The Morgan fingerprint density at radius 2 is 1.11 bits per heavy atom. The van der Waals surface area contributed by atoms with Crippen molar-refractivity contribution in [1.29, 1.82) is 0 Å². The summed E-state index contributed by atoms with van der Waals surface area (Å²) >= 11 is 0. The molecule has 0 N–H and O–H groups in total. The second-order valence-electron chi connectivity index (χ2n) is 7.72. The molecule has 0 spiro atoms. The SMILES string of the molecule is C=C(C)C/C(=C\c1cc(-c2ccc(C(=C)C)cc2)ccc1C)C(=C)C.CC.CC.CC.CC.CCC. The minimum atomic E-state index is 0.867. The van der Waals surface area contributed by atoms with Crippen molar-refractivity contribution >= 4 is 11.6 Å². The van der Waals surface area contributed by atoms with Crippen molar-refractivity contribution < 1.29 is 0 Å². The highest BCUT2D eigenvalue weighted by Crippen LogP contribution is 2.27. The lowest BCUT2D eigenvalue weighted by molar-refractivity contribution is 1.09. The predicted octanol–water partition coefficient (Wildman–Crippen LogP) is 13.1. The average molecular weight is 493 g/mol. The topological polar surface area (TPSA) is 0 Å². The number of allylic oxidation sites excluding steroid dienone is 4. The molecule has 0 heterocycles. The van der Waals surface area contributed by atoms with Crippen LogP contribution in [0.3, 0.4) is 0 Å². The first-order chi connectivity index (χ1) is 17.2. The molecule has 0 atom stereocenters. The molecule has 0 radical (unpaired) electrons. The minimum absolute atomic E-state index is 0.867. The molecule has 0 aliphatic carbocycles. The van der Waals surface area contributed by atoms with E-state index < -0.39 is 0 Å². The maximum Gasteiger partial charge on any atom is -0.00699 e. The van der Waals surface area contributed by atoms with E-state index in [9.17, 15) is 0 Å². The Bertz CT molecular complexity index is 857. The van der Waals surface area contributed by atoms with Crippen molar-refractivity contribution in [2.45, 2.75) is 110 Å². The summed E-state index contributed by atoms with van der Waals surface area (Å²) in [6.07, 6.45) is 4.37. The number of hydrogen-bond donors (Lipinski definition) is 0. The Morgan fingerprint density at radius 3 is 1.47 bits per heavy atom. The molecule has 0 saturated heterocycles. The van der Waals surface area contributed by atoms with E-state index in [4.69, 9.17) is 0 Å². The van der Waals surface area contributed by atoms with Crippen LogP contribution in [-0.2, 0) is 0 Å². The van der Waals surface area contributed by atoms with Crippen LogP contribution in [0.15, 0.2) is 78.9 Å². The molecule has 0 aromatic heterocycles. The Hall–Kier alpha value is -2.60. The van der Waals surface area contributed by atoms with Crippen LogP contribution in [0.4, 0.5) is 0 Å². The number of rotatable bonds is 6. The van der Waals surface area contributed by atoms with Crippen LogP contribution < -0.4 is 0 Å². The summed E-state index contributed by atoms with van der Waals surface area (Å²) in [4.78, 5) is 0. The third-order valence-electron chi connectivity index (χ3n) is 4.36. The van der Waals surface area contributed by atoms with E-state index in [1.807, 2.05) is 62.3 Å². The lowest BCUT2D eigenvalue weighted by Crippen LogP contribution is -1.90. The van der Waals surface area contributed by atoms with Gasteiger partial charge in [0.05, 0.1) is 0 Å². The first kappa shape index (κ1) is 40.6. The van der Waals surface area contributed by atoms with E-state index in [1.54, 1.807) is 0 Å². The maximum absolute atomic E-state index is 4.12. The molecule has 2 aromatic rings. The predicted molar refractivity (Wildman–Crippen MR) is 175 cm³/mol. The molecule has 0 aliphatic rings. The maximum atomic E-state index is 4.12. The van der Waals surface area contributed by atoms with Gasteiger partial charge >= 0.3 is 0 Å². The van der Waals surface area contributed by atoms with Gasteiger partial charge in [0.25, 0.3) is 0 Å². The largest absolute Gasteiger partial charge is 0.0998 e. The fourth-order valence-electron chi connectivity index (χ4n) is 2.76. The van der Waals surface area contributed by atoms with Gasteiger partial charge in [-0.1, -0.05) is 155 Å². The zero-order valence-corrected chi connectivity index (χ0v) is 26.7. The summed E-state index contributed by atoms with van der Waals surface area (Å²) in [6, 6.07) is 15.2. The Kier molecular flexibility index (Phi) is 30.4. The van der Waals surface area contributed by atoms with Crippen LogP contribution in [0.25, 0.3) is 22.8 Å². The van der Waals surface area contributed by atoms with Crippen LogP contribution in [0.5, 0.6) is 0 Å². The van der Waals surface area contributed by atoms with Crippen LogP contribution in [0, 0.1) is 6.92 Å². The monoisotopic (exact) mass is 492 g/mol. The summed E-state index contributed by atoms with van der Waals surface area (Å²) < 4.78 is 0. The summed E-state index contributed by atoms with van der Waals surface area (Å²) in [7, 11) is 0. The molecule has 0 unspecified atom stereocenters. The van der Waals surface area contributed by atoms with Crippen molar-refractivity contribution in [3.8, 4) is 11.1 Å². The van der Waals surface area contributed by atoms with Crippen LogP contribution in [0.2, 0.25) is 0 Å². The Morgan fingerprint density at radius 1 is 0.694 bits per heavy atom. The first-order valence-corrected chi connectivity index (χ1v) is 14.1. The molecule has 204 valence electrons. The highest BCUT2D eigenvalue weighted by atomic mass is 14.1. The fraction of sp³-hybridized carbons (Fsp3) is 0.444. The Balaban J connectivity index is -0.000000407. The van der Waals surface area contributed by atoms with Gasteiger partial charge in [0.1, 0.15) is 0 Å². The third-order valence-corrected chi connectivity index (χ3v) is 4.36. The molecule has 36 heavy (non-hydrogen) atoms.